The highest BCUT2D eigenvalue weighted by molar-refractivity contribution is 5.91. The fourth-order valence-corrected chi connectivity index (χ4v) is 6.28. The summed E-state index contributed by atoms with van der Waals surface area (Å²) in [4.78, 5) is 23.3. The van der Waals surface area contributed by atoms with E-state index in [1.165, 1.54) is 31.9 Å². The summed E-state index contributed by atoms with van der Waals surface area (Å²) >= 11 is 0. The normalized spacial score (nSPS) is 29.2. The Kier molecular flexibility index (Phi) is 13.7. The molecule has 0 amide bonds. The molecule has 0 saturated heterocycles. The van der Waals surface area contributed by atoms with Gasteiger partial charge in [0.1, 0.15) is 6.61 Å². The van der Waals surface area contributed by atoms with Crippen molar-refractivity contribution >= 4 is 11.8 Å². The second-order valence-corrected chi connectivity index (χ2v) is 9.99. The zero-order valence-corrected chi connectivity index (χ0v) is 21.5. The minimum atomic E-state index is -0.312. The Morgan fingerprint density at radius 1 is 1.16 bits per heavy atom. The maximum absolute atomic E-state index is 12.1. The molecule has 0 radical (unpaired) electrons. The van der Waals surface area contributed by atoms with Crippen molar-refractivity contribution in [1.29, 1.82) is 0 Å². The molecule has 1 fully saturated rings. The van der Waals surface area contributed by atoms with Crippen molar-refractivity contribution in [3.63, 3.8) is 0 Å². The molecule has 32 heavy (non-hydrogen) atoms. The number of carbonyl (C=O) groups is 2. The molecular weight excluding hydrogens is 400 g/mol. The Bertz CT molecular complexity index is 607. The molecule has 3 unspecified atom stereocenters. The molecular formula is C28H52O4. The Morgan fingerprint density at radius 2 is 1.81 bits per heavy atom. The molecule has 0 spiro atoms. The molecule has 0 bridgehead atoms. The molecule has 4 heteroatoms. The second-order valence-electron chi connectivity index (χ2n) is 9.99. The van der Waals surface area contributed by atoms with Crippen LogP contribution in [0.5, 0.6) is 0 Å². The molecule has 0 N–H and O–H groups in total. The smallest absolute Gasteiger partial charge is 0.331 e. The minimum absolute atomic E-state index is 0. The molecule has 4 atom stereocenters. The lowest BCUT2D eigenvalue weighted by Crippen LogP contribution is -2.47. The van der Waals surface area contributed by atoms with Gasteiger partial charge in [-0.3, -0.25) is 4.79 Å². The van der Waals surface area contributed by atoms with Gasteiger partial charge in [-0.1, -0.05) is 67.9 Å². The van der Waals surface area contributed by atoms with Gasteiger partial charge in [-0.05, 0) is 73.2 Å². The van der Waals surface area contributed by atoms with Gasteiger partial charge in [-0.15, -0.1) is 0 Å². The average molecular weight is 453 g/mol. The third kappa shape index (κ3) is 7.43. The van der Waals surface area contributed by atoms with Crippen molar-refractivity contribution in [1.82, 2.24) is 0 Å². The number of rotatable bonds is 9. The lowest BCUT2D eigenvalue weighted by atomic mass is 9.50. The Balaban J connectivity index is 0.00000311. The fraction of sp³-hybridized carbons (Fsp3) is 0.857. The van der Waals surface area contributed by atoms with Gasteiger partial charge in [0.2, 0.25) is 0 Å². The summed E-state index contributed by atoms with van der Waals surface area (Å²) in [5.41, 5.74) is 1.84. The first-order valence-corrected chi connectivity index (χ1v) is 12.6. The van der Waals surface area contributed by atoms with Gasteiger partial charge in [0.15, 0.2) is 5.78 Å². The van der Waals surface area contributed by atoms with E-state index in [0.29, 0.717) is 42.0 Å². The topological polar surface area (TPSA) is 52.6 Å². The second kappa shape index (κ2) is 14.2. The summed E-state index contributed by atoms with van der Waals surface area (Å²) in [6.07, 6.45) is 10.4. The molecule has 0 aromatic heterocycles. The first kappa shape index (κ1) is 30.8. The Hall–Kier alpha value is -1.16. The molecule has 4 nitrogen and oxygen atoms in total. The summed E-state index contributed by atoms with van der Waals surface area (Å²) in [5, 5.41) is 0. The molecule has 2 aliphatic carbocycles. The van der Waals surface area contributed by atoms with E-state index in [0.717, 1.165) is 25.7 Å². The van der Waals surface area contributed by atoms with Crippen molar-refractivity contribution in [3.8, 4) is 0 Å². The highest BCUT2D eigenvalue weighted by atomic mass is 16.6. The SMILES string of the molecule is C.CC.CCC1=CC(=O)CCC1(C)C1CCC(C)(C)C(CCCOCC(=O)OC)[C@@H]1CC. The van der Waals surface area contributed by atoms with Crippen LogP contribution in [0, 0.1) is 28.6 Å². The van der Waals surface area contributed by atoms with Crippen LogP contribution in [-0.2, 0) is 19.1 Å². The van der Waals surface area contributed by atoms with E-state index in [1.807, 2.05) is 19.9 Å². The van der Waals surface area contributed by atoms with Crippen LogP contribution >= 0.6 is 0 Å². The van der Waals surface area contributed by atoms with Crippen LogP contribution in [0.25, 0.3) is 0 Å². The minimum Gasteiger partial charge on any atom is -0.467 e. The number of ketones is 1. The highest BCUT2D eigenvalue weighted by Gasteiger charge is 2.50. The number of methoxy groups -OCH3 is 1. The van der Waals surface area contributed by atoms with Crippen LogP contribution in [0.1, 0.15) is 107 Å². The van der Waals surface area contributed by atoms with E-state index in [2.05, 4.69) is 39.4 Å². The van der Waals surface area contributed by atoms with Gasteiger partial charge in [-0.25, -0.2) is 4.79 Å². The molecule has 2 aliphatic rings. The van der Waals surface area contributed by atoms with E-state index in [9.17, 15) is 9.59 Å². The third-order valence-electron chi connectivity index (χ3n) is 8.02. The average Bonchev–Trinajstić information content (AvgIpc) is 2.76. The summed E-state index contributed by atoms with van der Waals surface area (Å²) in [5.74, 6) is 1.94. The summed E-state index contributed by atoms with van der Waals surface area (Å²) in [7, 11) is 1.39. The molecule has 2 rings (SSSR count). The quantitative estimate of drug-likeness (QED) is 0.270. The van der Waals surface area contributed by atoms with Gasteiger partial charge >= 0.3 is 5.97 Å². The molecule has 0 heterocycles. The molecule has 0 aliphatic heterocycles. The van der Waals surface area contributed by atoms with Crippen LogP contribution in [0.2, 0.25) is 0 Å². The molecule has 0 aromatic carbocycles. The van der Waals surface area contributed by atoms with Crippen LogP contribution in [0.4, 0.5) is 0 Å². The number of hydrogen-bond donors (Lipinski definition) is 0. The molecule has 1 saturated carbocycles. The summed E-state index contributed by atoms with van der Waals surface area (Å²) in [6.45, 7) is 16.5. The fourth-order valence-electron chi connectivity index (χ4n) is 6.28. The van der Waals surface area contributed by atoms with E-state index < -0.39 is 0 Å². The first-order valence-electron chi connectivity index (χ1n) is 12.6. The van der Waals surface area contributed by atoms with E-state index in [-0.39, 0.29) is 25.4 Å². The number of hydrogen-bond acceptors (Lipinski definition) is 4. The van der Waals surface area contributed by atoms with Crippen molar-refractivity contribution in [3.05, 3.63) is 11.6 Å². The van der Waals surface area contributed by atoms with Crippen LogP contribution in [0.3, 0.4) is 0 Å². The van der Waals surface area contributed by atoms with E-state index >= 15 is 0 Å². The maximum Gasteiger partial charge on any atom is 0.331 e. The van der Waals surface area contributed by atoms with Gasteiger partial charge in [0.25, 0.3) is 0 Å². The number of carbonyl (C=O) groups excluding carboxylic acids is 2. The summed E-state index contributed by atoms with van der Waals surface area (Å²) in [6, 6.07) is 0. The Morgan fingerprint density at radius 3 is 2.38 bits per heavy atom. The molecule has 0 aromatic rings. The largest absolute Gasteiger partial charge is 0.467 e. The lowest BCUT2D eigenvalue weighted by Gasteiger charge is -2.55. The maximum atomic E-state index is 12.1. The van der Waals surface area contributed by atoms with E-state index in [4.69, 9.17) is 4.74 Å². The monoisotopic (exact) mass is 452 g/mol. The number of ether oxygens (including phenoxy) is 2. The zero-order valence-electron chi connectivity index (χ0n) is 21.5. The van der Waals surface area contributed by atoms with Crippen molar-refractivity contribution in [2.24, 2.45) is 28.6 Å². The van der Waals surface area contributed by atoms with Crippen molar-refractivity contribution < 1.29 is 19.1 Å². The van der Waals surface area contributed by atoms with Crippen LogP contribution in [0.15, 0.2) is 11.6 Å². The number of allylic oxidation sites excluding steroid dienone is 2. The summed E-state index contributed by atoms with van der Waals surface area (Å²) < 4.78 is 10.1. The standard InChI is InChI=1S/C25H42O4.C2H6.CH4/c1-7-18-16-19(26)11-14-25(18,5)22-12-13-24(3,4)21(20(22)8-2)10-9-15-29-17-23(27)28-6;1-2;/h16,20-22H,7-15,17H2,1-6H3;1-2H3;1H4/t20-,21?,22?,25?;;/m0../s1. The lowest BCUT2D eigenvalue weighted by molar-refractivity contribution is -0.146. The number of esters is 1. The first-order chi connectivity index (χ1) is 14.7. The van der Waals surface area contributed by atoms with Gasteiger partial charge in [0, 0.05) is 13.0 Å². The predicted molar refractivity (Wildman–Crippen MR) is 135 cm³/mol. The zero-order chi connectivity index (χ0) is 23.7. The third-order valence-corrected chi connectivity index (χ3v) is 8.02. The molecule has 188 valence electrons. The highest BCUT2D eigenvalue weighted by Crippen LogP contribution is 2.58. The van der Waals surface area contributed by atoms with Crippen molar-refractivity contribution in [2.45, 2.75) is 107 Å². The van der Waals surface area contributed by atoms with Crippen molar-refractivity contribution in [2.75, 3.05) is 20.3 Å². The van der Waals surface area contributed by atoms with Gasteiger partial charge in [-0.2, -0.15) is 0 Å². The van der Waals surface area contributed by atoms with E-state index in [1.54, 1.807) is 0 Å². The predicted octanol–water partition coefficient (Wildman–Crippen LogP) is 7.40. The van der Waals surface area contributed by atoms with Crippen LogP contribution in [-0.4, -0.2) is 32.1 Å². The van der Waals surface area contributed by atoms with Gasteiger partial charge in [0.05, 0.1) is 7.11 Å². The van der Waals surface area contributed by atoms with Crippen LogP contribution < -0.4 is 0 Å². The van der Waals surface area contributed by atoms with Gasteiger partial charge < -0.3 is 9.47 Å². The Labute approximate surface area is 198 Å².